The molecule has 0 unspecified atom stereocenters. The summed E-state index contributed by atoms with van der Waals surface area (Å²) in [6, 6.07) is 11.7. The number of amides is 2. The largest absolute Gasteiger partial charge is 0.365 e. The third-order valence-electron chi connectivity index (χ3n) is 4.98. The number of anilines is 1. The van der Waals surface area contributed by atoms with Crippen LogP contribution in [0.2, 0.25) is 0 Å². The Labute approximate surface area is 188 Å². The van der Waals surface area contributed by atoms with E-state index in [1.165, 1.54) is 23.0 Å². The Bertz CT molecular complexity index is 1530. The van der Waals surface area contributed by atoms with E-state index in [0.717, 1.165) is 11.3 Å². The fourth-order valence-electron chi connectivity index (χ4n) is 3.54. The monoisotopic (exact) mass is 464 g/mol. The van der Waals surface area contributed by atoms with E-state index in [0.29, 0.717) is 22.2 Å². The molecule has 0 fully saturated rings. The zero-order valence-electron chi connectivity index (χ0n) is 16.7. The molecule has 5 aromatic rings. The summed E-state index contributed by atoms with van der Waals surface area (Å²) < 4.78 is 28.6. The molecule has 4 heterocycles. The summed E-state index contributed by atoms with van der Waals surface area (Å²) in [5.74, 6) is -1.40. The van der Waals surface area contributed by atoms with E-state index in [2.05, 4.69) is 20.4 Å². The van der Waals surface area contributed by atoms with Crippen molar-refractivity contribution in [1.82, 2.24) is 19.6 Å². The molecule has 2 amide bonds. The number of hydrogen-bond acceptors (Lipinski definition) is 6. The van der Waals surface area contributed by atoms with Crippen LogP contribution in [0.15, 0.2) is 61.1 Å². The van der Waals surface area contributed by atoms with Crippen LogP contribution in [-0.2, 0) is 0 Å². The molecule has 0 aliphatic heterocycles. The van der Waals surface area contributed by atoms with Crippen molar-refractivity contribution in [2.75, 3.05) is 5.32 Å². The number of primary amides is 1. The zero-order valence-corrected chi connectivity index (χ0v) is 17.5. The number of fused-ring (bicyclic) bond motifs is 2. The highest BCUT2D eigenvalue weighted by Crippen LogP contribution is 2.42. The number of benzene rings is 1. The van der Waals surface area contributed by atoms with Crippen LogP contribution in [-0.4, -0.2) is 31.4 Å². The SMILES string of the molecule is NC(=O)c1sc2nc(C(F)F)cc(-c3ccccc3)c2c1NC(=O)c1cnn2cccnc12. The number of aromatic nitrogens is 4. The molecule has 0 aliphatic carbocycles. The third-order valence-corrected chi connectivity index (χ3v) is 6.07. The summed E-state index contributed by atoms with van der Waals surface area (Å²) >= 11 is 0.845. The third kappa shape index (κ3) is 3.57. The quantitative estimate of drug-likeness (QED) is 0.403. The lowest BCUT2D eigenvalue weighted by Crippen LogP contribution is -2.17. The predicted molar refractivity (Wildman–Crippen MR) is 119 cm³/mol. The van der Waals surface area contributed by atoms with E-state index in [9.17, 15) is 18.4 Å². The lowest BCUT2D eigenvalue weighted by atomic mass is 10.0. The van der Waals surface area contributed by atoms with Gasteiger partial charge in [-0.3, -0.25) is 9.59 Å². The number of alkyl halides is 2. The van der Waals surface area contributed by atoms with Crippen LogP contribution in [0, 0.1) is 0 Å². The maximum absolute atomic E-state index is 13.6. The van der Waals surface area contributed by atoms with Gasteiger partial charge in [0, 0.05) is 17.8 Å². The molecular weight excluding hydrogens is 450 g/mol. The standard InChI is InChI=1S/C22H14F2N6O2S/c23-18(24)14-9-12(11-5-2-1-3-6-11)15-16(17(19(25)31)33-22(15)28-14)29-21(32)13-10-27-30-8-4-7-26-20(13)30/h1-10,18H,(H2,25,31)(H,29,32). The lowest BCUT2D eigenvalue weighted by molar-refractivity contribution is 0.100. The van der Waals surface area contributed by atoms with Gasteiger partial charge in [0.15, 0.2) is 5.65 Å². The number of halogens is 2. The zero-order chi connectivity index (χ0) is 23.1. The van der Waals surface area contributed by atoms with Crippen LogP contribution >= 0.6 is 11.3 Å². The van der Waals surface area contributed by atoms with Crippen molar-refractivity contribution in [1.29, 1.82) is 0 Å². The van der Waals surface area contributed by atoms with Crippen LogP contribution in [0.1, 0.15) is 32.1 Å². The molecule has 164 valence electrons. The highest BCUT2D eigenvalue weighted by Gasteiger charge is 2.26. The number of rotatable bonds is 5. The van der Waals surface area contributed by atoms with Gasteiger partial charge in [0.25, 0.3) is 18.2 Å². The Morgan fingerprint density at radius 2 is 1.94 bits per heavy atom. The van der Waals surface area contributed by atoms with Gasteiger partial charge in [-0.15, -0.1) is 11.3 Å². The van der Waals surface area contributed by atoms with E-state index in [-0.39, 0.29) is 21.0 Å². The predicted octanol–water partition coefficient (Wildman–Crippen LogP) is 4.29. The van der Waals surface area contributed by atoms with E-state index in [4.69, 9.17) is 5.73 Å². The average molecular weight is 464 g/mol. The topological polar surface area (TPSA) is 115 Å². The Balaban J connectivity index is 1.73. The number of thiophene rings is 1. The number of nitrogens with zero attached hydrogens (tertiary/aromatic N) is 4. The molecule has 0 aliphatic rings. The molecule has 1 aromatic carbocycles. The van der Waals surface area contributed by atoms with E-state index in [1.54, 1.807) is 42.6 Å². The van der Waals surface area contributed by atoms with Gasteiger partial charge in [0.1, 0.15) is 21.0 Å². The van der Waals surface area contributed by atoms with Gasteiger partial charge in [0.2, 0.25) is 0 Å². The molecule has 33 heavy (non-hydrogen) atoms. The average Bonchev–Trinajstić information content (AvgIpc) is 3.41. The second kappa shape index (κ2) is 8.02. The van der Waals surface area contributed by atoms with Crippen LogP contribution < -0.4 is 11.1 Å². The van der Waals surface area contributed by atoms with Gasteiger partial charge in [-0.2, -0.15) is 5.10 Å². The Kier molecular flexibility index (Phi) is 5.02. The minimum atomic E-state index is -2.82. The van der Waals surface area contributed by atoms with Crippen molar-refractivity contribution < 1.29 is 18.4 Å². The molecule has 0 saturated heterocycles. The van der Waals surface area contributed by atoms with Crippen LogP contribution in [0.3, 0.4) is 0 Å². The molecule has 0 atom stereocenters. The van der Waals surface area contributed by atoms with E-state index in [1.807, 2.05) is 0 Å². The highest BCUT2D eigenvalue weighted by molar-refractivity contribution is 7.21. The number of nitrogens with two attached hydrogens (primary N) is 1. The van der Waals surface area contributed by atoms with Crippen molar-refractivity contribution in [3.05, 3.63) is 77.2 Å². The number of nitrogens with one attached hydrogen (secondary N) is 1. The van der Waals surface area contributed by atoms with Gasteiger partial charge in [-0.25, -0.2) is 23.3 Å². The van der Waals surface area contributed by atoms with Gasteiger partial charge in [-0.1, -0.05) is 30.3 Å². The smallest absolute Gasteiger partial charge is 0.280 e. The summed E-state index contributed by atoms with van der Waals surface area (Å²) in [5.41, 5.74) is 6.73. The second-order valence-corrected chi connectivity index (χ2v) is 8.01. The van der Waals surface area contributed by atoms with Crippen molar-refractivity contribution in [2.24, 2.45) is 5.73 Å². The van der Waals surface area contributed by atoms with E-state index < -0.39 is 23.9 Å². The second-order valence-electron chi connectivity index (χ2n) is 7.01. The molecule has 0 saturated carbocycles. The number of carbonyl (C=O) groups excluding carboxylic acids is 2. The van der Waals surface area contributed by atoms with E-state index >= 15 is 0 Å². The molecule has 8 nitrogen and oxygen atoms in total. The molecule has 3 N–H and O–H groups in total. The molecular formula is C22H14F2N6O2S. The van der Waals surface area contributed by atoms with Gasteiger partial charge in [0.05, 0.1) is 11.9 Å². The minimum absolute atomic E-state index is 0.00104. The molecule has 0 radical (unpaired) electrons. The molecule has 0 bridgehead atoms. The summed E-state index contributed by atoms with van der Waals surface area (Å²) in [4.78, 5) is 33.7. The Morgan fingerprint density at radius 3 is 2.67 bits per heavy atom. The molecule has 4 aromatic heterocycles. The normalized spacial score (nSPS) is 11.4. The van der Waals surface area contributed by atoms with Gasteiger partial charge in [-0.05, 0) is 23.3 Å². The van der Waals surface area contributed by atoms with Crippen molar-refractivity contribution in [3.63, 3.8) is 0 Å². The first-order valence-corrected chi connectivity index (χ1v) is 10.5. The van der Waals surface area contributed by atoms with Crippen molar-refractivity contribution in [3.8, 4) is 11.1 Å². The van der Waals surface area contributed by atoms with Crippen molar-refractivity contribution >= 4 is 44.7 Å². The summed E-state index contributed by atoms with van der Waals surface area (Å²) in [7, 11) is 0. The summed E-state index contributed by atoms with van der Waals surface area (Å²) in [6.07, 6.45) is 1.68. The Hall–Kier alpha value is -4.25. The first kappa shape index (κ1) is 20.6. The lowest BCUT2D eigenvalue weighted by Gasteiger charge is -2.10. The van der Waals surface area contributed by atoms with Crippen LogP contribution in [0.5, 0.6) is 0 Å². The maximum atomic E-state index is 13.6. The summed E-state index contributed by atoms with van der Waals surface area (Å²) in [6.45, 7) is 0. The number of carbonyl (C=O) groups is 2. The fraction of sp³-hybridized carbons (Fsp3) is 0.0455. The number of pyridine rings is 1. The first-order chi connectivity index (χ1) is 15.9. The fourth-order valence-corrected chi connectivity index (χ4v) is 4.55. The molecule has 0 spiro atoms. The van der Waals surface area contributed by atoms with Gasteiger partial charge < -0.3 is 11.1 Å². The first-order valence-electron chi connectivity index (χ1n) is 9.64. The van der Waals surface area contributed by atoms with Crippen LogP contribution in [0.4, 0.5) is 14.5 Å². The minimum Gasteiger partial charge on any atom is -0.365 e. The summed E-state index contributed by atoms with van der Waals surface area (Å²) in [5, 5.41) is 7.16. The maximum Gasteiger partial charge on any atom is 0.280 e. The van der Waals surface area contributed by atoms with Crippen LogP contribution in [0.25, 0.3) is 27.0 Å². The molecule has 11 heteroatoms. The molecule has 5 rings (SSSR count). The van der Waals surface area contributed by atoms with Crippen molar-refractivity contribution in [2.45, 2.75) is 6.43 Å². The Morgan fingerprint density at radius 1 is 1.15 bits per heavy atom. The van der Waals surface area contributed by atoms with Gasteiger partial charge >= 0.3 is 0 Å². The highest BCUT2D eigenvalue weighted by atomic mass is 32.1. The number of hydrogen-bond donors (Lipinski definition) is 2.